The molecular formula is C20H23Cl2NO2. The van der Waals surface area contributed by atoms with Crippen LogP contribution in [0.4, 0.5) is 0 Å². The maximum absolute atomic E-state index is 13.0. The van der Waals surface area contributed by atoms with E-state index in [-0.39, 0.29) is 11.4 Å². The minimum Gasteiger partial charge on any atom is -0.479 e. The van der Waals surface area contributed by atoms with E-state index in [1.54, 1.807) is 25.1 Å². The number of ether oxygens (including phenoxy) is 1. The van der Waals surface area contributed by atoms with Crippen molar-refractivity contribution in [3.05, 3.63) is 64.1 Å². The lowest BCUT2D eigenvalue weighted by Crippen LogP contribution is -2.50. The van der Waals surface area contributed by atoms with Crippen LogP contribution in [0, 0.1) is 0 Å². The number of hydrogen-bond acceptors (Lipinski definition) is 2. The van der Waals surface area contributed by atoms with Gasteiger partial charge in [-0.05, 0) is 51.5 Å². The van der Waals surface area contributed by atoms with Crippen LogP contribution in [-0.2, 0) is 11.3 Å². The second-order valence-corrected chi connectivity index (χ2v) is 7.76. The van der Waals surface area contributed by atoms with E-state index in [1.807, 2.05) is 56.0 Å². The van der Waals surface area contributed by atoms with Crippen LogP contribution >= 0.6 is 23.2 Å². The molecule has 2 rings (SSSR count). The monoisotopic (exact) mass is 379 g/mol. The fourth-order valence-corrected chi connectivity index (χ4v) is 2.90. The summed E-state index contributed by atoms with van der Waals surface area (Å²) in [7, 11) is 0. The summed E-state index contributed by atoms with van der Waals surface area (Å²) in [5.74, 6) is 0.350. The number of rotatable bonds is 5. The van der Waals surface area contributed by atoms with Crippen molar-refractivity contribution in [3.8, 4) is 5.75 Å². The van der Waals surface area contributed by atoms with Gasteiger partial charge < -0.3 is 9.64 Å². The number of carbonyl (C=O) groups excluding carboxylic acids is 1. The summed E-state index contributed by atoms with van der Waals surface area (Å²) in [6.45, 7) is 8.28. The first kappa shape index (κ1) is 19.6. The standard InChI is InChI=1S/C20H23Cl2NO2/c1-14(25-18-11-10-16(21)12-17(18)22)19(24)23(20(2,3)4)13-15-8-6-5-7-9-15/h5-12,14H,13H2,1-4H3/t14-/m1/s1. The molecule has 2 aromatic carbocycles. The van der Waals surface area contributed by atoms with Crippen LogP contribution in [0.15, 0.2) is 48.5 Å². The third-order valence-electron chi connectivity index (χ3n) is 3.80. The van der Waals surface area contributed by atoms with Gasteiger partial charge in [-0.3, -0.25) is 4.79 Å². The van der Waals surface area contributed by atoms with Gasteiger partial charge >= 0.3 is 0 Å². The van der Waals surface area contributed by atoms with E-state index in [0.29, 0.717) is 22.3 Å². The third kappa shape index (κ3) is 5.38. The topological polar surface area (TPSA) is 29.5 Å². The van der Waals surface area contributed by atoms with E-state index >= 15 is 0 Å². The lowest BCUT2D eigenvalue weighted by Gasteiger charge is -2.37. The number of carbonyl (C=O) groups is 1. The molecule has 0 saturated carbocycles. The highest BCUT2D eigenvalue weighted by atomic mass is 35.5. The summed E-state index contributed by atoms with van der Waals surface area (Å²) in [5.41, 5.74) is 0.733. The van der Waals surface area contributed by atoms with Crippen molar-refractivity contribution in [2.24, 2.45) is 0 Å². The number of hydrogen-bond donors (Lipinski definition) is 0. The smallest absolute Gasteiger partial charge is 0.264 e. The van der Waals surface area contributed by atoms with Crippen molar-refractivity contribution in [2.45, 2.75) is 45.9 Å². The normalized spacial score (nSPS) is 12.6. The van der Waals surface area contributed by atoms with Gasteiger partial charge in [-0.25, -0.2) is 0 Å². The molecule has 0 radical (unpaired) electrons. The van der Waals surface area contributed by atoms with Crippen molar-refractivity contribution in [1.82, 2.24) is 4.90 Å². The van der Waals surface area contributed by atoms with E-state index < -0.39 is 6.10 Å². The van der Waals surface area contributed by atoms with Crippen LogP contribution in [0.3, 0.4) is 0 Å². The molecule has 0 N–H and O–H groups in total. The first-order valence-corrected chi connectivity index (χ1v) is 8.91. The summed E-state index contributed by atoms with van der Waals surface area (Å²) in [5, 5.41) is 0.911. The van der Waals surface area contributed by atoms with Gasteiger partial charge in [-0.2, -0.15) is 0 Å². The van der Waals surface area contributed by atoms with E-state index in [4.69, 9.17) is 27.9 Å². The van der Waals surface area contributed by atoms with Crippen LogP contribution in [-0.4, -0.2) is 22.4 Å². The highest BCUT2D eigenvalue weighted by molar-refractivity contribution is 6.35. The number of halogens is 2. The Morgan fingerprint density at radius 3 is 2.32 bits per heavy atom. The zero-order valence-electron chi connectivity index (χ0n) is 14.9. The average Bonchev–Trinajstić information content (AvgIpc) is 2.54. The predicted octanol–water partition coefficient (Wildman–Crippen LogP) is 5.59. The Hall–Kier alpha value is -1.71. The molecule has 3 nitrogen and oxygen atoms in total. The van der Waals surface area contributed by atoms with Gasteiger partial charge in [-0.1, -0.05) is 53.5 Å². The van der Waals surface area contributed by atoms with Crippen LogP contribution in [0.5, 0.6) is 5.75 Å². The van der Waals surface area contributed by atoms with Crippen LogP contribution < -0.4 is 4.74 Å². The largest absolute Gasteiger partial charge is 0.479 e. The lowest BCUT2D eigenvalue weighted by molar-refractivity contribution is -0.143. The molecule has 0 spiro atoms. The molecule has 0 aromatic heterocycles. The Morgan fingerprint density at radius 2 is 1.76 bits per heavy atom. The summed E-state index contributed by atoms with van der Waals surface area (Å²) >= 11 is 12.0. The van der Waals surface area contributed by atoms with Crippen LogP contribution in [0.25, 0.3) is 0 Å². The lowest BCUT2D eigenvalue weighted by atomic mass is 10.0. The zero-order chi connectivity index (χ0) is 18.6. The molecule has 134 valence electrons. The molecule has 0 aliphatic heterocycles. The van der Waals surface area contributed by atoms with E-state index in [1.165, 1.54) is 0 Å². The Bertz CT molecular complexity index is 726. The quantitative estimate of drug-likeness (QED) is 0.677. The average molecular weight is 380 g/mol. The zero-order valence-corrected chi connectivity index (χ0v) is 16.4. The molecule has 2 aromatic rings. The predicted molar refractivity (Wildman–Crippen MR) is 103 cm³/mol. The molecule has 0 heterocycles. The summed E-state index contributed by atoms with van der Waals surface area (Å²) in [6, 6.07) is 14.9. The van der Waals surface area contributed by atoms with Gasteiger partial charge in [0.25, 0.3) is 5.91 Å². The van der Waals surface area contributed by atoms with E-state index in [9.17, 15) is 4.79 Å². The number of benzene rings is 2. The van der Waals surface area contributed by atoms with Gasteiger partial charge in [0.05, 0.1) is 5.02 Å². The molecule has 0 unspecified atom stereocenters. The van der Waals surface area contributed by atoms with Crippen LogP contribution in [0.2, 0.25) is 10.0 Å². The summed E-state index contributed by atoms with van der Waals surface area (Å²) in [4.78, 5) is 14.8. The molecule has 0 saturated heterocycles. The summed E-state index contributed by atoms with van der Waals surface area (Å²) in [6.07, 6.45) is -0.665. The van der Waals surface area contributed by atoms with Crippen molar-refractivity contribution in [3.63, 3.8) is 0 Å². The van der Waals surface area contributed by atoms with Gasteiger partial charge in [0.1, 0.15) is 5.75 Å². The van der Waals surface area contributed by atoms with Gasteiger partial charge in [0, 0.05) is 17.1 Å². The maximum Gasteiger partial charge on any atom is 0.264 e. The molecule has 5 heteroatoms. The Balaban J connectivity index is 2.17. The van der Waals surface area contributed by atoms with Crippen LogP contribution in [0.1, 0.15) is 33.3 Å². The molecule has 0 bridgehead atoms. The molecule has 0 aliphatic carbocycles. The minimum atomic E-state index is -0.665. The molecule has 25 heavy (non-hydrogen) atoms. The number of nitrogens with zero attached hydrogens (tertiary/aromatic N) is 1. The van der Waals surface area contributed by atoms with Crippen molar-refractivity contribution in [2.75, 3.05) is 0 Å². The van der Waals surface area contributed by atoms with E-state index in [2.05, 4.69) is 0 Å². The van der Waals surface area contributed by atoms with Gasteiger partial charge in [0.2, 0.25) is 0 Å². The fourth-order valence-electron chi connectivity index (χ4n) is 2.44. The Morgan fingerprint density at radius 1 is 1.12 bits per heavy atom. The number of amides is 1. The Labute approximate surface area is 159 Å². The van der Waals surface area contributed by atoms with E-state index in [0.717, 1.165) is 5.56 Å². The molecule has 0 aliphatic rings. The van der Waals surface area contributed by atoms with Crippen molar-refractivity contribution >= 4 is 29.1 Å². The fraction of sp³-hybridized carbons (Fsp3) is 0.350. The van der Waals surface area contributed by atoms with Gasteiger partial charge in [0.15, 0.2) is 6.10 Å². The minimum absolute atomic E-state index is 0.0950. The van der Waals surface area contributed by atoms with Crippen molar-refractivity contribution < 1.29 is 9.53 Å². The molecular weight excluding hydrogens is 357 g/mol. The van der Waals surface area contributed by atoms with Crippen molar-refractivity contribution in [1.29, 1.82) is 0 Å². The Kier molecular flexibility index (Phi) is 6.36. The SMILES string of the molecule is C[C@@H](Oc1ccc(Cl)cc1Cl)C(=O)N(Cc1ccccc1)C(C)(C)C. The first-order chi connectivity index (χ1) is 11.7. The second kappa shape index (κ2) is 8.11. The second-order valence-electron chi connectivity index (χ2n) is 6.92. The maximum atomic E-state index is 13.0. The molecule has 1 atom stereocenters. The van der Waals surface area contributed by atoms with Gasteiger partial charge in [-0.15, -0.1) is 0 Å². The summed E-state index contributed by atoms with van der Waals surface area (Å²) < 4.78 is 5.79. The third-order valence-corrected chi connectivity index (χ3v) is 4.34. The highest BCUT2D eigenvalue weighted by Gasteiger charge is 2.31. The molecule has 0 fully saturated rings. The first-order valence-electron chi connectivity index (χ1n) is 8.15. The molecule has 1 amide bonds. The highest BCUT2D eigenvalue weighted by Crippen LogP contribution is 2.29.